The van der Waals surface area contributed by atoms with E-state index in [1.807, 2.05) is 24.3 Å². The lowest BCUT2D eigenvalue weighted by Gasteiger charge is -2.19. The predicted octanol–water partition coefficient (Wildman–Crippen LogP) is 9.22. The second kappa shape index (κ2) is 11.1. The van der Waals surface area contributed by atoms with E-state index in [9.17, 15) is 0 Å². The maximum atomic E-state index is 5.81. The van der Waals surface area contributed by atoms with Gasteiger partial charge in [-0.3, -0.25) is 0 Å². The van der Waals surface area contributed by atoms with Crippen LogP contribution < -0.4 is 5.73 Å². The first-order valence-corrected chi connectivity index (χ1v) is 14.1. The van der Waals surface area contributed by atoms with E-state index in [0.717, 1.165) is 33.5 Å². The molecule has 2 N–H and O–H groups in total. The van der Waals surface area contributed by atoms with E-state index in [1.165, 1.54) is 11.1 Å². The number of benzene rings is 4. The summed E-state index contributed by atoms with van der Waals surface area (Å²) in [5.74, 6) is 1.98. The number of nitrogens with zero attached hydrogens (tertiary/aromatic N) is 3. The molecule has 0 bridgehead atoms. The van der Waals surface area contributed by atoms with Gasteiger partial charge < -0.3 is 5.73 Å². The maximum Gasteiger partial charge on any atom is 0.164 e. The van der Waals surface area contributed by atoms with Gasteiger partial charge in [-0.1, -0.05) is 139 Å². The van der Waals surface area contributed by atoms with Crippen molar-refractivity contribution in [1.29, 1.82) is 0 Å². The molecule has 0 unspecified atom stereocenters. The zero-order chi connectivity index (χ0) is 29.2. The quantitative estimate of drug-likeness (QED) is 0.179. The zero-order valence-corrected chi connectivity index (χ0v) is 24.8. The van der Waals surface area contributed by atoms with Gasteiger partial charge in [0.15, 0.2) is 17.5 Å². The van der Waals surface area contributed by atoms with Crippen LogP contribution >= 0.6 is 0 Å². The van der Waals surface area contributed by atoms with Crippen molar-refractivity contribution in [3.63, 3.8) is 0 Å². The Bertz CT molecular complexity index is 1570. The maximum absolute atomic E-state index is 5.81. The second-order valence-electron chi connectivity index (χ2n) is 12.6. The zero-order valence-electron chi connectivity index (χ0n) is 24.8. The number of nitrogens with two attached hydrogens (primary N) is 1. The average molecular weight is 539 g/mol. The molecule has 1 heterocycles. The minimum absolute atomic E-state index is 0.0762. The second-order valence-corrected chi connectivity index (χ2v) is 12.6. The molecule has 0 saturated carbocycles. The average Bonchev–Trinajstić information content (AvgIpc) is 2.96. The van der Waals surface area contributed by atoms with Gasteiger partial charge in [0.1, 0.15) is 0 Å². The van der Waals surface area contributed by atoms with E-state index in [0.29, 0.717) is 17.5 Å². The van der Waals surface area contributed by atoms with Gasteiger partial charge in [-0.2, -0.15) is 0 Å². The van der Waals surface area contributed by atoms with Crippen LogP contribution in [-0.2, 0) is 10.8 Å². The molecule has 0 aliphatic carbocycles. The van der Waals surface area contributed by atoms with Crippen molar-refractivity contribution < 1.29 is 0 Å². The first kappa shape index (κ1) is 28.0. The van der Waals surface area contributed by atoms with Gasteiger partial charge in [0.25, 0.3) is 0 Å². The van der Waals surface area contributed by atoms with Gasteiger partial charge in [-0.05, 0) is 45.2 Å². The molecule has 0 spiro atoms. The standard InChI is InChI=1S/C37H38N4/c1-36(2,3)30-19-15-28(16-20-30)34-39-33(40-35(41-34)29-17-21-31(22-18-29)37(4,5)6)27-13-9-25(10-14-27)7-8-26-11-23-32(38)24-12-26/h7-24H,38H2,1-6H3/b8-7+. The minimum atomic E-state index is 0.0762. The molecule has 0 amide bonds. The van der Waals surface area contributed by atoms with E-state index in [4.69, 9.17) is 20.7 Å². The highest BCUT2D eigenvalue weighted by Gasteiger charge is 2.17. The van der Waals surface area contributed by atoms with Crippen molar-refractivity contribution in [3.8, 4) is 34.2 Å². The summed E-state index contributed by atoms with van der Waals surface area (Å²) in [7, 11) is 0. The summed E-state index contributed by atoms with van der Waals surface area (Å²) in [6.45, 7) is 13.3. The van der Waals surface area contributed by atoms with Crippen LogP contribution in [-0.4, -0.2) is 15.0 Å². The van der Waals surface area contributed by atoms with Crippen molar-refractivity contribution in [2.24, 2.45) is 0 Å². The molecule has 5 rings (SSSR count). The first-order valence-electron chi connectivity index (χ1n) is 14.1. The highest BCUT2D eigenvalue weighted by Crippen LogP contribution is 2.29. The lowest BCUT2D eigenvalue weighted by molar-refractivity contribution is 0.590. The van der Waals surface area contributed by atoms with Crippen LogP contribution in [0.3, 0.4) is 0 Å². The predicted molar refractivity (Wildman–Crippen MR) is 173 cm³/mol. The summed E-state index contributed by atoms with van der Waals surface area (Å²) >= 11 is 0. The Hall–Kier alpha value is -4.57. The van der Waals surface area contributed by atoms with Crippen molar-refractivity contribution in [3.05, 3.63) is 119 Å². The van der Waals surface area contributed by atoms with E-state index in [1.54, 1.807) is 0 Å². The molecular formula is C37H38N4. The van der Waals surface area contributed by atoms with Gasteiger partial charge in [0.05, 0.1) is 0 Å². The smallest absolute Gasteiger partial charge is 0.164 e. The Morgan fingerprint density at radius 1 is 0.439 bits per heavy atom. The van der Waals surface area contributed by atoms with Crippen LogP contribution in [0.2, 0.25) is 0 Å². The normalized spacial score (nSPS) is 12.1. The van der Waals surface area contributed by atoms with E-state index in [-0.39, 0.29) is 10.8 Å². The molecule has 4 nitrogen and oxygen atoms in total. The van der Waals surface area contributed by atoms with Crippen molar-refractivity contribution in [2.45, 2.75) is 52.4 Å². The molecule has 4 aromatic carbocycles. The molecule has 4 heteroatoms. The molecule has 5 aromatic rings. The minimum Gasteiger partial charge on any atom is -0.399 e. The Balaban J connectivity index is 1.52. The van der Waals surface area contributed by atoms with Crippen LogP contribution in [0.4, 0.5) is 5.69 Å². The third-order valence-electron chi connectivity index (χ3n) is 7.23. The number of hydrogen-bond donors (Lipinski definition) is 1. The van der Waals surface area contributed by atoms with Crippen molar-refractivity contribution in [2.75, 3.05) is 5.73 Å². The van der Waals surface area contributed by atoms with Crippen LogP contribution in [0, 0.1) is 0 Å². The lowest BCUT2D eigenvalue weighted by atomic mass is 9.86. The van der Waals surface area contributed by atoms with Gasteiger partial charge in [-0.15, -0.1) is 0 Å². The summed E-state index contributed by atoms with van der Waals surface area (Å²) < 4.78 is 0. The molecule has 1 aromatic heterocycles. The van der Waals surface area contributed by atoms with Gasteiger partial charge in [0, 0.05) is 22.4 Å². The van der Waals surface area contributed by atoms with Gasteiger partial charge in [0.2, 0.25) is 0 Å². The van der Waals surface area contributed by atoms with E-state index >= 15 is 0 Å². The fraction of sp³-hybridized carbons (Fsp3) is 0.216. The largest absolute Gasteiger partial charge is 0.399 e. The highest BCUT2D eigenvalue weighted by molar-refractivity contribution is 5.72. The topological polar surface area (TPSA) is 64.7 Å². The number of anilines is 1. The Morgan fingerprint density at radius 3 is 1.05 bits per heavy atom. The molecule has 206 valence electrons. The summed E-state index contributed by atoms with van der Waals surface area (Å²) in [5.41, 5.74) is 14.3. The summed E-state index contributed by atoms with van der Waals surface area (Å²) in [6.07, 6.45) is 4.17. The molecular weight excluding hydrogens is 500 g/mol. The molecule has 0 atom stereocenters. The Morgan fingerprint density at radius 2 is 0.732 bits per heavy atom. The lowest BCUT2D eigenvalue weighted by Crippen LogP contribution is -2.10. The SMILES string of the molecule is CC(C)(C)c1ccc(-c2nc(-c3ccc(/C=C/c4ccc(N)cc4)cc3)nc(-c3ccc(C(C)(C)C)cc3)n2)cc1. The first-order chi connectivity index (χ1) is 19.5. The molecule has 0 saturated heterocycles. The monoisotopic (exact) mass is 538 g/mol. The van der Waals surface area contributed by atoms with Crippen molar-refractivity contribution >= 4 is 17.8 Å². The number of rotatable bonds is 5. The van der Waals surface area contributed by atoms with Crippen LogP contribution in [0.5, 0.6) is 0 Å². The van der Waals surface area contributed by atoms with Gasteiger partial charge >= 0.3 is 0 Å². The molecule has 0 aliphatic heterocycles. The van der Waals surface area contributed by atoms with Crippen LogP contribution in [0.25, 0.3) is 46.3 Å². The number of hydrogen-bond acceptors (Lipinski definition) is 4. The fourth-order valence-electron chi connectivity index (χ4n) is 4.54. The summed E-state index contributed by atoms with van der Waals surface area (Å²) in [4.78, 5) is 14.8. The third kappa shape index (κ3) is 6.78. The van der Waals surface area contributed by atoms with Crippen LogP contribution in [0.1, 0.15) is 63.8 Å². The molecule has 41 heavy (non-hydrogen) atoms. The highest BCUT2D eigenvalue weighted by atomic mass is 15.0. The van der Waals surface area contributed by atoms with Crippen molar-refractivity contribution in [1.82, 2.24) is 15.0 Å². The fourth-order valence-corrected chi connectivity index (χ4v) is 4.54. The van der Waals surface area contributed by atoms with E-state index in [2.05, 4.69) is 126 Å². The third-order valence-corrected chi connectivity index (χ3v) is 7.23. The van der Waals surface area contributed by atoms with Gasteiger partial charge in [-0.25, -0.2) is 15.0 Å². The molecule has 0 radical (unpaired) electrons. The van der Waals surface area contributed by atoms with E-state index < -0.39 is 0 Å². The summed E-state index contributed by atoms with van der Waals surface area (Å²) in [5, 5.41) is 0. The Labute approximate surface area is 244 Å². The Kier molecular flexibility index (Phi) is 7.59. The number of nitrogen functional groups attached to an aromatic ring is 1. The molecule has 0 fully saturated rings. The number of aromatic nitrogens is 3. The summed E-state index contributed by atoms with van der Waals surface area (Å²) in [6, 6.07) is 33.2. The van der Waals surface area contributed by atoms with Crippen LogP contribution in [0.15, 0.2) is 97.1 Å². The molecule has 0 aliphatic rings.